The normalized spacial score (nSPS) is 12.8. The van der Waals surface area contributed by atoms with E-state index in [4.69, 9.17) is 4.74 Å². The number of ether oxygens (including phenoxy) is 1. The molecule has 1 aromatic carbocycles. The van der Waals surface area contributed by atoms with Gasteiger partial charge in [-0.25, -0.2) is 9.36 Å². The van der Waals surface area contributed by atoms with Crippen molar-refractivity contribution in [2.24, 2.45) is 0 Å². The summed E-state index contributed by atoms with van der Waals surface area (Å²) in [4.78, 5) is 43.9. The first kappa shape index (κ1) is 23.3. The topological polar surface area (TPSA) is 73.5 Å². The third kappa shape index (κ3) is 4.36. The second-order valence-electron chi connectivity index (χ2n) is 8.30. The number of hydrogen-bond acceptors (Lipinski definition) is 5. The van der Waals surface area contributed by atoms with E-state index in [2.05, 4.69) is 6.92 Å². The smallest absolute Gasteiger partial charge is 0.337 e. The Morgan fingerprint density at radius 3 is 2.55 bits per heavy atom. The highest BCUT2D eigenvalue weighted by Crippen LogP contribution is 2.35. The van der Waals surface area contributed by atoms with Gasteiger partial charge in [-0.3, -0.25) is 14.2 Å². The molecule has 7 nitrogen and oxygen atoms in total. The average molecular weight is 470 g/mol. The van der Waals surface area contributed by atoms with Gasteiger partial charge in [-0.1, -0.05) is 13.3 Å². The average Bonchev–Trinajstić information content (AvgIpc) is 3.40. The number of amides is 1. The van der Waals surface area contributed by atoms with Gasteiger partial charge in [0.05, 0.1) is 17.7 Å². The van der Waals surface area contributed by atoms with E-state index in [-0.39, 0.29) is 18.0 Å². The molecule has 1 aliphatic rings. The number of hydrogen-bond donors (Lipinski definition) is 0. The summed E-state index contributed by atoms with van der Waals surface area (Å²) in [6.07, 6.45) is 4.67. The van der Waals surface area contributed by atoms with Crippen molar-refractivity contribution in [2.45, 2.75) is 59.4 Å². The van der Waals surface area contributed by atoms with Crippen molar-refractivity contribution in [3.63, 3.8) is 0 Å². The Hall–Kier alpha value is -2.87. The van der Waals surface area contributed by atoms with Gasteiger partial charge in [-0.05, 0) is 69.4 Å². The zero-order chi connectivity index (χ0) is 23.5. The summed E-state index contributed by atoms with van der Waals surface area (Å²) >= 11 is 1.49. The molecule has 0 atom stereocenters. The Labute approximate surface area is 197 Å². The zero-order valence-corrected chi connectivity index (χ0v) is 20.4. The molecule has 0 fully saturated rings. The summed E-state index contributed by atoms with van der Waals surface area (Å²) in [7, 11) is 0. The highest BCUT2D eigenvalue weighted by molar-refractivity contribution is 7.19. The van der Waals surface area contributed by atoms with E-state index in [1.807, 2.05) is 13.8 Å². The highest BCUT2D eigenvalue weighted by atomic mass is 32.1. The SMILES string of the molecule is CCCCN(CC)C(=O)Cn1c(=O)n(-c2ccc(OCC)cc2)c(=O)c2c3c(sc21)CCC3. The summed E-state index contributed by atoms with van der Waals surface area (Å²) in [6, 6.07) is 6.95. The maximum absolute atomic E-state index is 13.6. The minimum atomic E-state index is -0.475. The number of benzene rings is 1. The monoisotopic (exact) mass is 469 g/mol. The Kier molecular flexibility index (Phi) is 7.02. The van der Waals surface area contributed by atoms with E-state index < -0.39 is 5.69 Å². The summed E-state index contributed by atoms with van der Waals surface area (Å²) in [5, 5.41) is 0.588. The molecule has 2 aromatic heterocycles. The third-order valence-electron chi connectivity index (χ3n) is 6.20. The van der Waals surface area contributed by atoms with Gasteiger partial charge in [0.2, 0.25) is 5.91 Å². The maximum Gasteiger partial charge on any atom is 0.337 e. The number of nitrogens with zero attached hydrogens (tertiary/aromatic N) is 3. The van der Waals surface area contributed by atoms with Crippen LogP contribution < -0.4 is 16.0 Å². The number of carbonyl (C=O) groups is 1. The van der Waals surface area contributed by atoms with Crippen LogP contribution in [0.15, 0.2) is 33.9 Å². The van der Waals surface area contributed by atoms with Crippen LogP contribution in [-0.2, 0) is 24.2 Å². The first-order valence-electron chi connectivity index (χ1n) is 11.8. The van der Waals surface area contributed by atoms with Crippen LogP contribution in [-0.4, -0.2) is 39.6 Å². The number of rotatable bonds is 9. The van der Waals surface area contributed by atoms with Crippen LogP contribution in [0.25, 0.3) is 15.9 Å². The van der Waals surface area contributed by atoms with Crippen LogP contribution in [0, 0.1) is 0 Å². The zero-order valence-electron chi connectivity index (χ0n) is 19.6. The van der Waals surface area contributed by atoms with Crippen molar-refractivity contribution in [3.8, 4) is 11.4 Å². The lowest BCUT2D eigenvalue weighted by molar-refractivity contribution is -0.131. The number of aryl methyl sites for hydroxylation is 2. The lowest BCUT2D eigenvalue weighted by Crippen LogP contribution is -2.42. The molecule has 0 unspecified atom stereocenters. The molecule has 176 valence electrons. The van der Waals surface area contributed by atoms with Crippen LogP contribution in [0.4, 0.5) is 0 Å². The molecular formula is C25H31N3O4S. The summed E-state index contributed by atoms with van der Waals surface area (Å²) < 4.78 is 8.22. The van der Waals surface area contributed by atoms with Crippen LogP contribution >= 0.6 is 11.3 Å². The third-order valence-corrected chi connectivity index (χ3v) is 7.52. The van der Waals surface area contributed by atoms with Crippen molar-refractivity contribution in [2.75, 3.05) is 19.7 Å². The van der Waals surface area contributed by atoms with E-state index in [0.717, 1.165) is 42.5 Å². The number of likely N-dealkylation sites (N-methyl/N-ethyl adjacent to an activating group) is 1. The van der Waals surface area contributed by atoms with Gasteiger partial charge in [0.25, 0.3) is 5.56 Å². The van der Waals surface area contributed by atoms with E-state index in [1.165, 1.54) is 20.5 Å². The first-order chi connectivity index (χ1) is 16.0. The van der Waals surface area contributed by atoms with E-state index in [0.29, 0.717) is 41.3 Å². The first-order valence-corrected chi connectivity index (χ1v) is 12.6. The lowest BCUT2D eigenvalue weighted by atomic mass is 10.2. The maximum atomic E-state index is 13.6. The molecule has 0 saturated carbocycles. The van der Waals surface area contributed by atoms with Crippen molar-refractivity contribution in [1.82, 2.24) is 14.0 Å². The van der Waals surface area contributed by atoms with Crippen molar-refractivity contribution < 1.29 is 9.53 Å². The molecule has 0 saturated heterocycles. The highest BCUT2D eigenvalue weighted by Gasteiger charge is 2.26. The molecule has 2 heterocycles. The molecule has 1 aliphatic carbocycles. The Morgan fingerprint density at radius 1 is 1.12 bits per heavy atom. The molecule has 0 N–H and O–H groups in total. The molecule has 33 heavy (non-hydrogen) atoms. The van der Waals surface area contributed by atoms with E-state index in [1.54, 1.807) is 29.2 Å². The van der Waals surface area contributed by atoms with Crippen molar-refractivity contribution in [1.29, 1.82) is 0 Å². The quantitative estimate of drug-likeness (QED) is 0.478. The molecular weight excluding hydrogens is 438 g/mol. The fourth-order valence-corrected chi connectivity index (χ4v) is 5.85. The molecule has 1 amide bonds. The Bertz CT molecular complexity index is 1270. The van der Waals surface area contributed by atoms with Gasteiger partial charge in [-0.15, -0.1) is 11.3 Å². The Morgan fingerprint density at radius 2 is 1.88 bits per heavy atom. The number of thiophene rings is 1. The number of fused-ring (bicyclic) bond motifs is 3. The van der Waals surface area contributed by atoms with Crippen LogP contribution in [0.1, 0.15) is 50.5 Å². The second kappa shape index (κ2) is 9.95. The molecule has 0 aliphatic heterocycles. The number of unbranched alkanes of at least 4 members (excludes halogenated alkanes) is 1. The predicted octanol–water partition coefficient (Wildman–Crippen LogP) is 3.75. The van der Waals surface area contributed by atoms with E-state index >= 15 is 0 Å². The largest absolute Gasteiger partial charge is 0.494 e. The van der Waals surface area contributed by atoms with Crippen molar-refractivity contribution in [3.05, 3.63) is 55.5 Å². The van der Waals surface area contributed by atoms with E-state index in [9.17, 15) is 14.4 Å². The Balaban J connectivity index is 1.86. The van der Waals surface area contributed by atoms with Crippen LogP contribution in [0.3, 0.4) is 0 Å². The van der Waals surface area contributed by atoms with Gasteiger partial charge in [-0.2, -0.15) is 0 Å². The molecule has 0 radical (unpaired) electrons. The van der Waals surface area contributed by atoms with Gasteiger partial charge >= 0.3 is 5.69 Å². The fraction of sp³-hybridized carbons (Fsp3) is 0.480. The minimum Gasteiger partial charge on any atom is -0.494 e. The number of carbonyl (C=O) groups excluding carboxylic acids is 1. The van der Waals surface area contributed by atoms with Crippen LogP contribution in [0.2, 0.25) is 0 Å². The standard InChI is InChI=1S/C25H31N3O4S/c1-4-7-15-26(5-2)21(29)16-27-24-22(19-9-8-10-20(19)33-24)23(30)28(25(27)31)17-11-13-18(14-12-17)32-6-3/h11-14H,4-10,15-16H2,1-3H3. The van der Waals surface area contributed by atoms with Gasteiger partial charge in [0, 0.05) is 18.0 Å². The molecule has 0 bridgehead atoms. The van der Waals surface area contributed by atoms with Gasteiger partial charge < -0.3 is 9.64 Å². The molecule has 4 rings (SSSR count). The summed E-state index contributed by atoms with van der Waals surface area (Å²) in [6.45, 7) is 7.67. The molecule has 3 aromatic rings. The van der Waals surface area contributed by atoms with Gasteiger partial charge in [0.1, 0.15) is 17.1 Å². The minimum absolute atomic E-state index is 0.0659. The van der Waals surface area contributed by atoms with Crippen LogP contribution in [0.5, 0.6) is 5.75 Å². The molecule has 0 spiro atoms. The number of aromatic nitrogens is 2. The lowest BCUT2D eigenvalue weighted by Gasteiger charge is -2.21. The fourth-order valence-electron chi connectivity index (χ4n) is 4.48. The predicted molar refractivity (Wildman–Crippen MR) is 132 cm³/mol. The second-order valence-corrected chi connectivity index (χ2v) is 9.38. The van der Waals surface area contributed by atoms with Gasteiger partial charge in [0.15, 0.2) is 0 Å². The van der Waals surface area contributed by atoms with Crippen molar-refractivity contribution >= 4 is 27.5 Å². The summed E-state index contributed by atoms with van der Waals surface area (Å²) in [5.74, 6) is 0.580. The molecule has 8 heteroatoms. The summed E-state index contributed by atoms with van der Waals surface area (Å²) in [5.41, 5.74) is 0.740.